The van der Waals surface area contributed by atoms with Crippen LogP contribution in [-0.4, -0.2) is 83.2 Å². The number of aryl methyl sites for hydroxylation is 1. The molecule has 0 aromatic heterocycles. The van der Waals surface area contributed by atoms with Crippen LogP contribution in [0.3, 0.4) is 0 Å². The van der Waals surface area contributed by atoms with Gasteiger partial charge in [-0.1, -0.05) is 18.2 Å². The number of esters is 1. The molecule has 5 aliphatic heterocycles. The molecule has 1 N–H and O–H groups in total. The first-order chi connectivity index (χ1) is 23.1. The molecule has 246 valence electrons. The van der Waals surface area contributed by atoms with Crippen molar-refractivity contribution in [2.45, 2.75) is 63.8 Å². The zero-order valence-electron chi connectivity index (χ0n) is 27.2. The van der Waals surface area contributed by atoms with E-state index < -0.39 is 42.0 Å². The maximum absolute atomic E-state index is 13.8. The summed E-state index contributed by atoms with van der Waals surface area (Å²) in [6, 6.07) is 8.71. The van der Waals surface area contributed by atoms with Gasteiger partial charge < -0.3 is 24.1 Å². The molecule has 2 bridgehead atoms. The predicted octanol–water partition coefficient (Wildman–Crippen LogP) is 3.74. The van der Waals surface area contributed by atoms with E-state index in [1.165, 1.54) is 18.9 Å². The van der Waals surface area contributed by atoms with E-state index in [9.17, 15) is 24.8 Å². The number of amides is 2. The van der Waals surface area contributed by atoms with Gasteiger partial charge in [0, 0.05) is 47.8 Å². The second kappa shape index (κ2) is 10.7. The zero-order valence-corrected chi connectivity index (χ0v) is 27.2. The molecule has 0 radical (unpaired) electrons. The number of phenols is 1. The van der Waals surface area contributed by atoms with Crippen molar-refractivity contribution in [1.82, 2.24) is 14.7 Å². The highest BCUT2D eigenvalue weighted by Crippen LogP contribution is 2.58. The van der Waals surface area contributed by atoms with E-state index in [0.717, 1.165) is 11.1 Å². The van der Waals surface area contributed by atoms with E-state index in [2.05, 4.69) is 15.9 Å². The predicted molar refractivity (Wildman–Crippen MR) is 169 cm³/mol. The fourth-order valence-electron chi connectivity index (χ4n) is 8.87. The van der Waals surface area contributed by atoms with Crippen LogP contribution in [0.2, 0.25) is 0 Å². The summed E-state index contributed by atoms with van der Waals surface area (Å²) in [5.41, 5.74) is 4.94. The number of methoxy groups -OCH3 is 1. The molecule has 0 aliphatic carbocycles. The van der Waals surface area contributed by atoms with Crippen molar-refractivity contribution >= 4 is 17.8 Å². The number of fused-ring (bicyclic) bond motifs is 10. The van der Waals surface area contributed by atoms with E-state index in [1.54, 1.807) is 31.2 Å². The van der Waals surface area contributed by atoms with Gasteiger partial charge in [0.05, 0.1) is 36.4 Å². The fraction of sp³-hybridized carbons (Fsp3) is 0.389. The summed E-state index contributed by atoms with van der Waals surface area (Å²) in [5.74, 6) is 0.250. The van der Waals surface area contributed by atoms with Crippen LogP contribution in [0, 0.1) is 25.2 Å². The van der Waals surface area contributed by atoms with Gasteiger partial charge in [-0.15, -0.1) is 0 Å². The number of likely N-dealkylation sites (N-methyl/N-ethyl adjacent to an activating group) is 1. The van der Waals surface area contributed by atoms with Crippen molar-refractivity contribution in [2.75, 3.05) is 27.5 Å². The van der Waals surface area contributed by atoms with Gasteiger partial charge in [-0.05, 0) is 57.0 Å². The van der Waals surface area contributed by atoms with Gasteiger partial charge in [-0.25, -0.2) is 0 Å². The van der Waals surface area contributed by atoms with Crippen LogP contribution < -0.4 is 18.9 Å². The maximum atomic E-state index is 13.8. The van der Waals surface area contributed by atoms with E-state index >= 15 is 0 Å². The van der Waals surface area contributed by atoms with Crippen LogP contribution in [0.25, 0.3) is 0 Å². The van der Waals surface area contributed by atoms with Crippen LogP contribution in [0.4, 0.5) is 0 Å². The number of hydrogen-bond donors (Lipinski definition) is 1. The molecule has 4 unspecified atom stereocenters. The summed E-state index contributed by atoms with van der Waals surface area (Å²) in [4.78, 5) is 45.6. The number of nitriles is 1. The molecular weight excluding hydrogens is 616 g/mol. The quantitative estimate of drug-likeness (QED) is 0.251. The van der Waals surface area contributed by atoms with Crippen molar-refractivity contribution in [3.05, 3.63) is 74.8 Å². The first-order valence-electron chi connectivity index (χ1n) is 15.9. The van der Waals surface area contributed by atoms with E-state index in [4.69, 9.17) is 18.9 Å². The Morgan fingerprint density at radius 2 is 1.73 bits per heavy atom. The molecule has 12 nitrogen and oxygen atoms in total. The summed E-state index contributed by atoms with van der Waals surface area (Å²) in [6.07, 6.45) is 0.794. The zero-order chi connectivity index (χ0) is 33.8. The largest absolute Gasteiger partial charge is 0.504 e. The third kappa shape index (κ3) is 3.98. The highest BCUT2D eigenvalue weighted by atomic mass is 16.7. The fourth-order valence-corrected chi connectivity index (χ4v) is 8.87. The molecule has 3 aromatic rings. The van der Waals surface area contributed by atoms with Gasteiger partial charge >= 0.3 is 5.97 Å². The second-order valence-electron chi connectivity index (χ2n) is 13.1. The van der Waals surface area contributed by atoms with Gasteiger partial charge in [0.25, 0.3) is 11.8 Å². The summed E-state index contributed by atoms with van der Waals surface area (Å²) >= 11 is 0. The Morgan fingerprint density at radius 1 is 1.04 bits per heavy atom. The highest BCUT2D eigenvalue weighted by Gasteiger charge is 2.57. The molecule has 3 aromatic carbocycles. The third-order valence-corrected chi connectivity index (χ3v) is 10.7. The number of nitrogens with zero attached hydrogens (tertiary/aromatic N) is 4. The molecule has 2 amide bonds. The Bertz CT molecular complexity index is 1970. The van der Waals surface area contributed by atoms with E-state index in [-0.39, 0.29) is 25.1 Å². The number of carbonyl (C=O) groups excluding carboxylic acids is 3. The monoisotopic (exact) mass is 650 g/mol. The number of carbonyl (C=O) groups is 3. The van der Waals surface area contributed by atoms with Gasteiger partial charge in [-0.3, -0.25) is 29.1 Å². The minimum atomic E-state index is -0.745. The average molecular weight is 651 g/mol. The van der Waals surface area contributed by atoms with Gasteiger partial charge in [0.1, 0.15) is 11.8 Å². The Balaban J connectivity index is 1.38. The number of imide groups is 1. The lowest BCUT2D eigenvalue weighted by Crippen LogP contribution is -2.68. The van der Waals surface area contributed by atoms with Crippen LogP contribution >= 0.6 is 0 Å². The smallest absolute Gasteiger partial charge is 0.308 e. The van der Waals surface area contributed by atoms with Gasteiger partial charge in [0.15, 0.2) is 23.0 Å². The number of phenolic OH excluding ortho intramolecular Hbond substituents is 1. The molecule has 5 atom stereocenters. The summed E-state index contributed by atoms with van der Waals surface area (Å²) < 4.78 is 23.6. The van der Waals surface area contributed by atoms with Crippen LogP contribution in [0.5, 0.6) is 28.7 Å². The van der Waals surface area contributed by atoms with Crippen LogP contribution in [0.1, 0.15) is 73.1 Å². The SMILES string of the molecule is COc1c(C)cc2c(c1O)C1C3Cc4c(OC(C)=O)c(C)c5c(c4[C@H](CN4C(=O)c6ccccc6C4=O)N3C(C#N)C(C2)N1C)OCO5. The molecule has 8 rings (SSSR count). The minimum Gasteiger partial charge on any atom is -0.504 e. The Hall–Kier alpha value is -5.12. The first kappa shape index (κ1) is 30.2. The van der Waals surface area contributed by atoms with Crippen LogP contribution in [0.15, 0.2) is 30.3 Å². The number of ether oxygens (including phenoxy) is 4. The molecular formula is C36H34N4O8. The van der Waals surface area contributed by atoms with Gasteiger partial charge in [0.2, 0.25) is 6.79 Å². The number of piperazine rings is 1. The topological polar surface area (TPSA) is 142 Å². The minimum absolute atomic E-state index is 0.0444. The second-order valence-corrected chi connectivity index (χ2v) is 13.1. The molecule has 5 heterocycles. The maximum Gasteiger partial charge on any atom is 0.308 e. The Morgan fingerprint density at radius 3 is 2.38 bits per heavy atom. The van der Waals surface area contributed by atoms with Crippen molar-refractivity contribution in [3.63, 3.8) is 0 Å². The van der Waals surface area contributed by atoms with E-state index in [0.29, 0.717) is 69.2 Å². The first-order valence-corrected chi connectivity index (χ1v) is 15.9. The standard InChI is InChI=1S/C36H34N4O8/c1-16-10-19-11-23-25(13-37)40-24(29(38(23)4)27(19)30(42)31(16)45-5)12-22-28(34-33(46-15-47-34)17(2)32(22)48-18(3)41)26(40)14-39-35(43)20-8-6-7-9-21(20)36(39)44/h6-10,23-26,29,42H,11-12,14-15H2,1-5H3/t23?,24?,25?,26-,29?/m0/s1. The summed E-state index contributed by atoms with van der Waals surface area (Å²) in [7, 11) is 3.48. The Labute approximate surface area is 276 Å². The molecule has 0 spiro atoms. The summed E-state index contributed by atoms with van der Waals surface area (Å²) in [6.45, 7) is 4.86. The molecule has 48 heavy (non-hydrogen) atoms. The van der Waals surface area contributed by atoms with Gasteiger partial charge in [-0.2, -0.15) is 5.26 Å². The lowest BCUT2D eigenvalue weighted by atomic mass is 9.71. The third-order valence-electron chi connectivity index (χ3n) is 10.7. The van der Waals surface area contributed by atoms with Crippen LogP contribution in [-0.2, 0) is 17.6 Å². The molecule has 12 heteroatoms. The average Bonchev–Trinajstić information content (AvgIpc) is 3.64. The number of hydrogen-bond acceptors (Lipinski definition) is 11. The normalized spacial score (nSPS) is 25.2. The summed E-state index contributed by atoms with van der Waals surface area (Å²) in [5, 5.41) is 22.6. The lowest BCUT2D eigenvalue weighted by Gasteiger charge is -2.60. The molecule has 5 aliphatic rings. The Kier molecular flexibility index (Phi) is 6.74. The highest BCUT2D eigenvalue weighted by molar-refractivity contribution is 6.21. The molecule has 1 fully saturated rings. The van der Waals surface area contributed by atoms with Crippen molar-refractivity contribution in [2.24, 2.45) is 0 Å². The lowest BCUT2D eigenvalue weighted by molar-refractivity contribution is -0.132. The molecule has 0 saturated carbocycles. The molecule has 1 saturated heterocycles. The number of benzene rings is 3. The van der Waals surface area contributed by atoms with E-state index in [1.807, 2.05) is 20.0 Å². The number of rotatable bonds is 4. The van der Waals surface area contributed by atoms with Crippen molar-refractivity contribution < 1.29 is 38.4 Å². The number of aromatic hydroxyl groups is 1. The van der Waals surface area contributed by atoms with Crippen molar-refractivity contribution in [1.29, 1.82) is 5.26 Å². The van der Waals surface area contributed by atoms with Crippen molar-refractivity contribution in [3.8, 4) is 34.8 Å².